The molecular formula is C17H18N2O. The fraction of sp³-hybridized carbons (Fsp3) is 0.294. The Kier molecular flexibility index (Phi) is 2.68. The van der Waals surface area contributed by atoms with Gasteiger partial charge in [0.15, 0.2) is 5.43 Å². The third kappa shape index (κ3) is 1.52. The molecule has 0 spiro atoms. The molecule has 2 heterocycles. The highest BCUT2D eigenvalue weighted by Crippen LogP contribution is 2.31. The van der Waals surface area contributed by atoms with Gasteiger partial charge in [0, 0.05) is 23.3 Å². The van der Waals surface area contributed by atoms with Crippen molar-refractivity contribution in [1.82, 2.24) is 9.97 Å². The lowest BCUT2D eigenvalue weighted by Gasteiger charge is -2.14. The molecule has 20 heavy (non-hydrogen) atoms. The summed E-state index contributed by atoms with van der Waals surface area (Å²) in [7, 11) is 0. The number of fused-ring (bicyclic) bond motifs is 3. The zero-order valence-electron chi connectivity index (χ0n) is 12.5. The zero-order valence-corrected chi connectivity index (χ0v) is 12.5. The lowest BCUT2D eigenvalue weighted by atomic mass is 9.94. The Labute approximate surface area is 117 Å². The predicted octanol–water partition coefficient (Wildman–Crippen LogP) is 3.62. The lowest BCUT2D eigenvalue weighted by Crippen LogP contribution is -2.10. The van der Waals surface area contributed by atoms with E-state index in [1.54, 1.807) is 6.20 Å². The highest BCUT2D eigenvalue weighted by molar-refractivity contribution is 6.07. The molecular weight excluding hydrogens is 248 g/mol. The van der Waals surface area contributed by atoms with E-state index in [4.69, 9.17) is 0 Å². The molecule has 0 aliphatic rings. The number of pyridine rings is 2. The van der Waals surface area contributed by atoms with Crippen LogP contribution < -0.4 is 5.43 Å². The Bertz CT molecular complexity index is 920. The van der Waals surface area contributed by atoms with Gasteiger partial charge in [-0.2, -0.15) is 0 Å². The van der Waals surface area contributed by atoms with Crippen LogP contribution in [0.15, 0.2) is 17.2 Å². The molecule has 0 aliphatic carbocycles. The van der Waals surface area contributed by atoms with E-state index in [1.807, 2.05) is 20.0 Å². The smallest absolute Gasteiger partial charge is 0.192 e. The van der Waals surface area contributed by atoms with E-state index in [2.05, 4.69) is 30.7 Å². The number of aromatic amines is 1. The van der Waals surface area contributed by atoms with Crippen LogP contribution in [0.25, 0.3) is 21.8 Å². The monoisotopic (exact) mass is 266 g/mol. The molecule has 102 valence electrons. The van der Waals surface area contributed by atoms with Crippen molar-refractivity contribution in [2.24, 2.45) is 0 Å². The summed E-state index contributed by atoms with van der Waals surface area (Å²) in [6.45, 7) is 10.1. The second-order valence-electron chi connectivity index (χ2n) is 5.59. The first kappa shape index (κ1) is 12.9. The van der Waals surface area contributed by atoms with E-state index in [9.17, 15) is 4.79 Å². The summed E-state index contributed by atoms with van der Waals surface area (Å²) in [6.07, 6.45) is 3.65. The zero-order chi connectivity index (χ0) is 14.6. The summed E-state index contributed by atoms with van der Waals surface area (Å²) >= 11 is 0. The maximum Gasteiger partial charge on any atom is 0.192 e. The molecule has 0 unspecified atom stereocenters. The summed E-state index contributed by atoms with van der Waals surface area (Å²) in [6, 6.07) is 0. The van der Waals surface area contributed by atoms with Crippen LogP contribution >= 0.6 is 0 Å². The standard InChI is InChI=1S/C17H18N2O/c1-8-6-18-15-13(10(8)3)11(4)12(5)14-16(15)19-7-9(2)17(14)20/h6-7H,1-5H3,(H,19,20). The molecule has 0 aliphatic heterocycles. The first-order valence-corrected chi connectivity index (χ1v) is 6.80. The average Bonchev–Trinajstić information content (AvgIpc) is 2.42. The highest BCUT2D eigenvalue weighted by atomic mass is 16.1. The maximum atomic E-state index is 12.4. The Hall–Kier alpha value is -2.16. The number of aromatic nitrogens is 2. The number of H-pyrrole nitrogens is 1. The van der Waals surface area contributed by atoms with E-state index in [1.165, 1.54) is 11.1 Å². The first-order valence-electron chi connectivity index (χ1n) is 6.80. The van der Waals surface area contributed by atoms with Crippen LogP contribution in [0, 0.1) is 34.6 Å². The van der Waals surface area contributed by atoms with E-state index >= 15 is 0 Å². The SMILES string of the molecule is Cc1cnc2c(c1C)c(C)c(C)c1c(=O)c(C)c[nH]c12. The van der Waals surface area contributed by atoms with E-state index in [-0.39, 0.29) is 5.43 Å². The molecule has 0 fully saturated rings. The minimum Gasteiger partial charge on any atom is -0.359 e. The van der Waals surface area contributed by atoms with Gasteiger partial charge in [-0.25, -0.2) is 0 Å². The molecule has 0 saturated heterocycles. The summed E-state index contributed by atoms with van der Waals surface area (Å²) in [5.41, 5.74) is 7.19. The minimum atomic E-state index is 0.0984. The topological polar surface area (TPSA) is 45.8 Å². The average molecular weight is 266 g/mol. The Morgan fingerprint density at radius 3 is 2.25 bits per heavy atom. The van der Waals surface area contributed by atoms with E-state index in [0.29, 0.717) is 0 Å². The van der Waals surface area contributed by atoms with E-state index < -0.39 is 0 Å². The Morgan fingerprint density at radius 2 is 1.55 bits per heavy atom. The molecule has 0 atom stereocenters. The van der Waals surface area contributed by atoms with Gasteiger partial charge in [0.2, 0.25) is 0 Å². The third-order valence-corrected chi connectivity index (χ3v) is 4.41. The van der Waals surface area contributed by atoms with Crippen LogP contribution in [0.1, 0.15) is 27.8 Å². The van der Waals surface area contributed by atoms with Crippen LogP contribution in [0.3, 0.4) is 0 Å². The predicted molar refractivity (Wildman–Crippen MR) is 83.6 cm³/mol. The Morgan fingerprint density at radius 1 is 0.900 bits per heavy atom. The van der Waals surface area contributed by atoms with Crippen molar-refractivity contribution >= 4 is 21.8 Å². The number of aryl methyl sites for hydroxylation is 5. The van der Waals surface area contributed by atoms with Gasteiger partial charge in [-0.3, -0.25) is 9.78 Å². The van der Waals surface area contributed by atoms with Crippen molar-refractivity contribution in [2.45, 2.75) is 34.6 Å². The van der Waals surface area contributed by atoms with Crippen LogP contribution in [0.2, 0.25) is 0 Å². The molecule has 3 nitrogen and oxygen atoms in total. The molecule has 3 heteroatoms. The quantitative estimate of drug-likeness (QED) is 0.632. The van der Waals surface area contributed by atoms with Crippen LogP contribution in [0.4, 0.5) is 0 Å². The van der Waals surface area contributed by atoms with Crippen molar-refractivity contribution in [3.63, 3.8) is 0 Å². The number of hydrogen-bond donors (Lipinski definition) is 1. The van der Waals surface area contributed by atoms with Gasteiger partial charge in [0.25, 0.3) is 0 Å². The highest BCUT2D eigenvalue weighted by Gasteiger charge is 2.15. The van der Waals surface area contributed by atoms with Crippen molar-refractivity contribution < 1.29 is 0 Å². The van der Waals surface area contributed by atoms with Crippen molar-refractivity contribution in [3.05, 3.63) is 50.4 Å². The minimum absolute atomic E-state index is 0.0984. The number of rotatable bonds is 0. The van der Waals surface area contributed by atoms with E-state index in [0.717, 1.165) is 38.5 Å². The first-order chi connectivity index (χ1) is 9.43. The van der Waals surface area contributed by atoms with Crippen molar-refractivity contribution in [1.29, 1.82) is 0 Å². The molecule has 0 saturated carbocycles. The molecule has 1 aromatic carbocycles. The molecule has 2 aromatic heterocycles. The second kappa shape index (κ2) is 4.17. The number of nitrogens with zero attached hydrogens (tertiary/aromatic N) is 1. The molecule has 0 radical (unpaired) electrons. The number of benzene rings is 1. The van der Waals surface area contributed by atoms with Gasteiger partial charge in [0.05, 0.1) is 16.4 Å². The lowest BCUT2D eigenvalue weighted by molar-refractivity contribution is 1.24. The molecule has 3 aromatic rings. The van der Waals surface area contributed by atoms with Gasteiger partial charge >= 0.3 is 0 Å². The normalized spacial score (nSPS) is 11.4. The van der Waals surface area contributed by atoms with Gasteiger partial charge in [0.1, 0.15) is 0 Å². The van der Waals surface area contributed by atoms with Crippen molar-refractivity contribution in [2.75, 3.05) is 0 Å². The molecule has 0 amide bonds. The Balaban J connectivity index is 2.74. The van der Waals surface area contributed by atoms with Crippen LogP contribution in [-0.4, -0.2) is 9.97 Å². The maximum absolute atomic E-state index is 12.4. The number of nitrogens with one attached hydrogen (secondary N) is 1. The fourth-order valence-electron chi connectivity index (χ4n) is 2.89. The van der Waals surface area contributed by atoms with Crippen molar-refractivity contribution in [3.8, 4) is 0 Å². The molecule has 3 rings (SSSR count). The summed E-state index contributed by atoms with van der Waals surface area (Å²) in [4.78, 5) is 20.3. The summed E-state index contributed by atoms with van der Waals surface area (Å²) in [5.74, 6) is 0. The largest absolute Gasteiger partial charge is 0.359 e. The van der Waals surface area contributed by atoms with Gasteiger partial charge in [-0.15, -0.1) is 0 Å². The summed E-state index contributed by atoms with van der Waals surface area (Å²) in [5, 5.41) is 1.93. The third-order valence-electron chi connectivity index (χ3n) is 4.41. The van der Waals surface area contributed by atoms with Gasteiger partial charge in [-0.1, -0.05) is 0 Å². The molecule has 0 bridgehead atoms. The molecule has 1 N–H and O–H groups in total. The van der Waals surface area contributed by atoms with Crippen LogP contribution in [0.5, 0.6) is 0 Å². The summed E-state index contributed by atoms with van der Waals surface area (Å²) < 4.78 is 0. The second-order valence-corrected chi connectivity index (χ2v) is 5.59. The fourth-order valence-corrected chi connectivity index (χ4v) is 2.89. The van der Waals surface area contributed by atoms with Gasteiger partial charge < -0.3 is 4.98 Å². The number of hydrogen-bond acceptors (Lipinski definition) is 2. The van der Waals surface area contributed by atoms with Gasteiger partial charge in [-0.05, 0) is 56.9 Å². The van der Waals surface area contributed by atoms with Crippen LogP contribution in [-0.2, 0) is 0 Å².